The van der Waals surface area contributed by atoms with Crippen molar-refractivity contribution >= 4 is 5.91 Å². The second kappa shape index (κ2) is 7.28. The van der Waals surface area contributed by atoms with Gasteiger partial charge in [-0.1, -0.05) is 0 Å². The fraction of sp³-hybridized carbons (Fsp3) is 0.941. The Morgan fingerprint density at radius 3 is 2.41 bits per heavy atom. The summed E-state index contributed by atoms with van der Waals surface area (Å²) < 4.78 is 0. The molecule has 0 aromatic rings. The zero-order valence-corrected chi connectivity index (χ0v) is 14.3. The fourth-order valence-corrected chi connectivity index (χ4v) is 4.49. The smallest absolute Gasteiger partial charge is 0.237 e. The van der Waals surface area contributed by atoms with Crippen LogP contribution in [0.2, 0.25) is 0 Å². The number of piperazine rings is 1. The second-order valence-electron chi connectivity index (χ2n) is 7.39. The zero-order chi connectivity index (χ0) is 15.5. The van der Waals surface area contributed by atoms with Gasteiger partial charge in [0.2, 0.25) is 5.91 Å². The molecule has 126 valence electrons. The SMILES string of the molecule is CC1CCCC(C)N1C(=O)CN1CCC(N2CCNCC2)C1. The number of carbonyl (C=O) groups excluding carboxylic acids is 1. The normalized spacial score (nSPS) is 35.0. The largest absolute Gasteiger partial charge is 0.336 e. The summed E-state index contributed by atoms with van der Waals surface area (Å²) in [6, 6.07) is 1.50. The fourth-order valence-electron chi connectivity index (χ4n) is 4.49. The molecule has 3 aliphatic heterocycles. The van der Waals surface area contributed by atoms with Gasteiger partial charge in [0.25, 0.3) is 0 Å². The molecule has 0 aromatic heterocycles. The number of rotatable bonds is 3. The molecule has 0 spiro atoms. The summed E-state index contributed by atoms with van der Waals surface area (Å²) in [6.45, 7) is 11.7. The molecule has 0 saturated carbocycles. The summed E-state index contributed by atoms with van der Waals surface area (Å²) in [7, 11) is 0. The minimum Gasteiger partial charge on any atom is -0.336 e. The number of amides is 1. The van der Waals surface area contributed by atoms with E-state index in [-0.39, 0.29) is 0 Å². The number of hydrogen-bond acceptors (Lipinski definition) is 4. The highest BCUT2D eigenvalue weighted by Gasteiger charge is 2.33. The van der Waals surface area contributed by atoms with Gasteiger partial charge >= 0.3 is 0 Å². The maximum absolute atomic E-state index is 12.7. The van der Waals surface area contributed by atoms with Crippen LogP contribution in [-0.4, -0.2) is 84.5 Å². The van der Waals surface area contributed by atoms with Crippen molar-refractivity contribution in [1.29, 1.82) is 0 Å². The van der Waals surface area contributed by atoms with E-state index in [1.54, 1.807) is 0 Å². The molecular formula is C17H32N4O. The Kier molecular flexibility index (Phi) is 5.37. The number of likely N-dealkylation sites (tertiary alicyclic amines) is 2. The van der Waals surface area contributed by atoms with Gasteiger partial charge in [-0.05, 0) is 39.5 Å². The quantitative estimate of drug-likeness (QED) is 0.835. The molecule has 5 heteroatoms. The molecule has 22 heavy (non-hydrogen) atoms. The van der Waals surface area contributed by atoms with E-state index in [1.165, 1.54) is 25.7 Å². The van der Waals surface area contributed by atoms with Crippen LogP contribution < -0.4 is 5.32 Å². The summed E-state index contributed by atoms with van der Waals surface area (Å²) in [4.78, 5) is 19.9. The Balaban J connectivity index is 1.50. The van der Waals surface area contributed by atoms with Crippen LogP contribution >= 0.6 is 0 Å². The molecule has 0 aromatic carbocycles. The van der Waals surface area contributed by atoms with Crippen LogP contribution in [-0.2, 0) is 4.79 Å². The van der Waals surface area contributed by atoms with Crippen molar-refractivity contribution in [1.82, 2.24) is 20.0 Å². The topological polar surface area (TPSA) is 38.8 Å². The lowest BCUT2D eigenvalue weighted by Crippen LogP contribution is -2.52. The lowest BCUT2D eigenvalue weighted by atomic mass is 9.97. The van der Waals surface area contributed by atoms with Gasteiger partial charge in [-0.3, -0.25) is 14.6 Å². The maximum Gasteiger partial charge on any atom is 0.237 e. The summed E-state index contributed by atoms with van der Waals surface area (Å²) in [5.41, 5.74) is 0. The van der Waals surface area contributed by atoms with E-state index in [4.69, 9.17) is 0 Å². The van der Waals surface area contributed by atoms with Crippen LogP contribution in [0.15, 0.2) is 0 Å². The monoisotopic (exact) mass is 308 g/mol. The third-order valence-electron chi connectivity index (χ3n) is 5.76. The predicted molar refractivity (Wildman–Crippen MR) is 88.9 cm³/mol. The van der Waals surface area contributed by atoms with Crippen molar-refractivity contribution in [2.75, 3.05) is 45.8 Å². The van der Waals surface area contributed by atoms with Crippen molar-refractivity contribution in [2.45, 2.75) is 57.7 Å². The predicted octanol–water partition coefficient (Wildman–Crippen LogP) is 0.755. The van der Waals surface area contributed by atoms with Crippen LogP contribution in [0.4, 0.5) is 0 Å². The summed E-state index contributed by atoms with van der Waals surface area (Å²) >= 11 is 0. The van der Waals surface area contributed by atoms with Gasteiger partial charge in [0.15, 0.2) is 0 Å². The molecule has 3 heterocycles. The molecule has 3 atom stereocenters. The van der Waals surface area contributed by atoms with E-state index >= 15 is 0 Å². The zero-order valence-electron chi connectivity index (χ0n) is 14.3. The van der Waals surface area contributed by atoms with E-state index in [2.05, 4.69) is 33.9 Å². The molecule has 1 amide bonds. The van der Waals surface area contributed by atoms with Gasteiger partial charge in [0.1, 0.15) is 0 Å². The minimum absolute atomic E-state index is 0.348. The maximum atomic E-state index is 12.7. The number of nitrogens with one attached hydrogen (secondary N) is 1. The van der Waals surface area contributed by atoms with E-state index in [0.717, 1.165) is 39.3 Å². The summed E-state index contributed by atoms with van der Waals surface area (Å²) in [6.07, 6.45) is 4.82. The van der Waals surface area contributed by atoms with E-state index in [1.807, 2.05) is 0 Å². The molecule has 1 N–H and O–H groups in total. The first-order chi connectivity index (χ1) is 10.6. The molecule has 0 radical (unpaired) electrons. The van der Waals surface area contributed by atoms with Gasteiger partial charge in [0, 0.05) is 57.4 Å². The first kappa shape index (κ1) is 16.2. The van der Waals surface area contributed by atoms with Crippen LogP contribution in [0.3, 0.4) is 0 Å². The molecular weight excluding hydrogens is 276 g/mol. The molecule has 0 bridgehead atoms. The second-order valence-corrected chi connectivity index (χ2v) is 7.39. The van der Waals surface area contributed by atoms with E-state index < -0.39 is 0 Å². The molecule has 3 fully saturated rings. The van der Waals surface area contributed by atoms with Crippen LogP contribution in [0.5, 0.6) is 0 Å². The Morgan fingerprint density at radius 1 is 1.05 bits per heavy atom. The van der Waals surface area contributed by atoms with Crippen molar-refractivity contribution < 1.29 is 4.79 Å². The number of nitrogens with zero attached hydrogens (tertiary/aromatic N) is 3. The Bertz CT molecular complexity index is 373. The number of piperidine rings is 1. The van der Waals surface area contributed by atoms with Gasteiger partial charge in [-0.15, -0.1) is 0 Å². The lowest BCUT2D eigenvalue weighted by molar-refractivity contribution is -0.138. The van der Waals surface area contributed by atoms with Gasteiger partial charge in [-0.25, -0.2) is 0 Å². The third-order valence-corrected chi connectivity index (χ3v) is 5.76. The van der Waals surface area contributed by atoms with Crippen LogP contribution in [0, 0.1) is 0 Å². The van der Waals surface area contributed by atoms with Crippen molar-refractivity contribution in [3.63, 3.8) is 0 Å². The van der Waals surface area contributed by atoms with Crippen LogP contribution in [0.1, 0.15) is 39.5 Å². The van der Waals surface area contributed by atoms with Gasteiger partial charge in [0.05, 0.1) is 6.54 Å². The molecule has 3 aliphatic rings. The lowest BCUT2D eigenvalue weighted by Gasteiger charge is -2.40. The standard InChI is InChI=1S/C17H32N4O/c1-14-4-3-5-15(2)21(14)17(22)13-19-9-6-16(12-19)20-10-7-18-8-11-20/h14-16,18H,3-13H2,1-2H3. The molecule has 0 aliphatic carbocycles. The highest BCUT2D eigenvalue weighted by Crippen LogP contribution is 2.23. The highest BCUT2D eigenvalue weighted by atomic mass is 16.2. The van der Waals surface area contributed by atoms with Crippen molar-refractivity contribution in [2.24, 2.45) is 0 Å². The Morgan fingerprint density at radius 2 is 1.73 bits per heavy atom. The van der Waals surface area contributed by atoms with Crippen molar-refractivity contribution in [3.8, 4) is 0 Å². The minimum atomic E-state index is 0.348. The Labute approximate surface area is 135 Å². The molecule has 3 rings (SSSR count). The summed E-state index contributed by atoms with van der Waals surface area (Å²) in [5.74, 6) is 0.348. The van der Waals surface area contributed by atoms with Crippen molar-refractivity contribution in [3.05, 3.63) is 0 Å². The van der Waals surface area contributed by atoms with E-state index in [0.29, 0.717) is 30.6 Å². The van der Waals surface area contributed by atoms with E-state index in [9.17, 15) is 4.79 Å². The van der Waals surface area contributed by atoms with Crippen LogP contribution in [0.25, 0.3) is 0 Å². The first-order valence-electron chi connectivity index (χ1n) is 9.13. The molecule has 3 saturated heterocycles. The number of hydrogen-bond donors (Lipinski definition) is 1. The average Bonchev–Trinajstić information content (AvgIpc) is 2.96. The molecule has 5 nitrogen and oxygen atoms in total. The summed E-state index contributed by atoms with van der Waals surface area (Å²) in [5, 5.41) is 3.42. The highest BCUT2D eigenvalue weighted by molar-refractivity contribution is 5.79. The van der Waals surface area contributed by atoms with Gasteiger partial charge in [-0.2, -0.15) is 0 Å². The Hall–Kier alpha value is -0.650. The average molecular weight is 308 g/mol. The first-order valence-corrected chi connectivity index (χ1v) is 9.13. The molecule has 3 unspecified atom stereocenters. The third kappa shape index (κ3) is 3.63. The van der Waals surface area contributed by atoms with Gasteiger partial charge < -0.3 is 10.2 Å². The number of carbonyl (C=O) groups is 1.